The van der Waals surface area contributed by atoms with Gasteiger partial charge in [-0.25, -0.2) is 8.42 Å². The van der Waals surface area contributed by atoms with E-state index in [2.05, 4.69) is 0 Å². The summed E-state index contributed by atoms with van der Waals surface area (Å²) in [5.41, 5.74) is 1.31. The van der Waals surface area contributed by atoms with Crippen molar-refractivity contribution in [2.24, 2.45) is 0 Å². The number of halogens is 1. The molecule has 2 aromatic rings. The molecule has 1 aromatic carbocycles. The summed E-state index contributed by atoms with van der Waals surface area (Å²) in [6.07, 6.45) is 0.468. The first-order valence-corrected chi connectivity index (χ1v) is 9.14. The summed E-state index contributed by atoms with van der Waals surface area (Å²) < 4.78 is 28.8. The Morgan fingerprint density at radius 2 is 2.14 bits per heavy atom. The molecule has 0 radical (unpaired) electrons. The third kappa shape index (κ3) is 2.61. The van der Waals surface area contributed by atoms with Crippen molar-refractivity contribution in [1.29, 1.82) is 0 Å². The lowest BCUT2D eigenvalue weighted by molar-refractivity contribution is 0.0717. The summed E-state index contributed by atoms with van der Waals surface area (Å²) in [4.78, 5) is 14.1. The zero-order valence-electron chi connectivity index (χ0n) is 12.3. The van der Waals surface area contributed by atoms with Crippen LogP contribution in [0.5, 0.6) is 0 Å². The Hall–Kier alpha value is -1.53. The van der Waals surface area contributed by atoms with Gasteiger partial charge in [-0.3, -0.25) is 4.79 Å². The van der Waals surface area contributed by atoms with Crippen molar-refractivity contribution < 1.29 is 17.6 Å². The highest BCUT2D eigenvalue weighted by molar-refractivity contribution is 7.91. The first-order chi connectivity index (χ1) is 10.3. The van der Waals surface area contributed by atoms with Gasteiger partial charge in [-0.1, -0.05) is 11.6 Å². The molecular formula is C15H16ClNO4S. The maximum Gasteiger partial charge on any atom is 0.289 e. The SMILES string of the molecule is Cc1c(C(=O)N(C)C2CCS(=O)(=O)C2)oc2ccc(Cl)cc12. The number of fused-ring (bicyclic) bond motifs is 1. The number of benzene rings is 1. The number of carbonyl (C=O) groups excluding carboxylic acids is 1. The quantitative estimate of drug-likeness (QED) is 0.842. The second-order valence-electron chi connectivity index (χ2n) is 5.67. The van der Waals surface area contributed by atoms with Crippen molar-refractivity contribution in [2.45, 2.75) is 19.4 Å². The molecule has 1 fully saturated rings. The zero-order chi connectivity index (χ0) is 16.1. The molecule has 0 bridgehead atoms. The first-order valence-electron chi connectivity index (χ1n) is 6.95. The molecule has 1 aliphatic rings. The molecule has 0 spiro atoms. The Labute approximate surface area is 133 Å². The number of aryl methyl sites for hydroxylation is 1. The van der Waals surface area contributed by atoms with Crippen LogP contribution in [0.15, 0.2) is 22.6 Å². The first kappa shape index (κ1) is 15.4. The number of nitrogens with zero attached hydrogens (tertiary/aromatic N) is 1. The van der Waals surface area contributed by atoms with E-state index in [0.717, 1.165) is 10.9 Å². The van der Waals surface area contributed by atoms with Crippen molar-refractivity contribution in [2.75, 3.05) is 18.6 Å². The minimum absolute atomic E-state index is 0.0142. The third-order valence-electron chi connectivity index (χ3n) is 4.17. The van der Waals surface area contributed by atoms with E-state index in [0.29, 0.717) is 17.0 Å². The van der Waals surface area contributed by atoms with E-state index in [1.807, 2.05) is 0 Å². The van der Waals surface area contributed by atoms with Crippen LogP contribution in [-0.4, -0.2) is 43.8 Å². The highest BCUT2D eigenvalue weighted by Gasteiger charge is 2.34. The van der Waals surface area contributed by atoms with Crippen LogP contribution in [0.4, 0.5) is 0 Å². The Morgan fingerprint density at radius 3 is 2.77 bits per heavy atom. The lowest BCUT2D eigenvalue weighted by atomic mass is 10.1. The largest absolute Gasteiger partial charge is 0.451 e. The minimum Gasteiger partial charge on any atom is -0.451 e. The van der Waals surface area contributed by atoms with Crippen LogP contribution in [0.25, 0.3) is 11.0 Å². The molecule has 7 heteroatoms. The van der Waals surface area contributed by atoms with E-state index in [9.17, 15) is 13.2 Å². The van der Waals surface area contributed by atoms with E-state index in [-0.39, 0.29) is 29.2 Å². The lowest BCUT2D eigenvalue weighted by Gasteiger charge is -2.22. The molecule has 1 unspecified atom stereocenters. The van der Waals surface area contributed by atoms with Crippen LogP contribution in [0.3, 0.4) is 0 Å². The second-order valence-corrected chi connectivity index (χ2v) is 8.33. The molecule has 1 aromatic heterocycles. The number of furan rings is 1. The van der Waals surface area contributed by atoms with Gasteiger partial charge >= 0.3 is 0 Å². The van der Waals surface area contributed by atoms with Crippen molar-refractivity contribution in [3.8, 4) is 0 Å². The molecule has 3 rings (SSSR count). The summed E-state index contributed by atoms with van der Waals surface area (Å²) in [6, 6.07) is 4.89. The van der Waals surface area contributed by atoms with E-state index in [1.54, 1.807) is 32.2 Å². The number of rotatable bonds is 2. The Balaban J connectivity index is 1.94. The van der Waals surface area contributed by atoms with Gasteiger partial charge < -0.3 is 9.32 Å². The van der Waals surface area contributed by atoms with Crippen LogP contribution < -0.4 is 0 Å². The van der Waals surface area contributed by atoms with Gasteiger partial charge in [0.05, 0.1) is 11.5 Å². The number of sulfone groups is 1. The Morgan fingerprint density at radius 1 is 1.41 bits per heavy atom. The summed E-state index contributed by atoms with van der Waals surface area (Å²) in [5, 5.41) is 1.37. The van der Waals surface area contributed by atoms with E-state index in [4.69, 9.17) is 16.0 Å². The molecule has 1 atom stereocenters. The average molecular weight is 342 g/mol. The second kappa shape index (κ2) is 5.28. The number of hydrogen-bond acceptors (Lipinski definition) is 4. The molecule has 1 aliphatic heterocycles. The molecule has 118 valence electrons. The Kier molecular flexibility index (Phi) is 3.69. The van der Waals surface area contributed by atoms with Crippen molar-refractivity contribution in [1.82, 2.24) is 4.90 Å². The molecule has 22 heavy (non-hydrogen) atoms. The van der Waals surface area contributed by atoms with Gasteiger partial charge in [0.25, 0.3) is 5.91 Å². The van der Waals surface area contributed by atoms with E-state index in [1.165, 1.54) is 4.90 Å². The van der Waals surface area contributed by atoms with Gasteiger partial charge in [-0.05, 0) is 31.5 Å². The summed E-state index contributed by atoms with van der Waals surface area (Å²) in [5.74, 6) is 0.0839. The summed E-state index contributed by atoms with van der Waals surface area (Å²) in [7, 11) is -1.42. The van der Waals surface area contributed by atoms with Gasteiger partial charge in [0.1, 0.15) is 5.58 Å². The van der Waals surface area contributed by atoms with E-state index < -0.39 is 9.84 Å². The zero-order valence-corrected chi connectivity index (χ0v) is 13.9. The smallest absolute Gasteiger partial charge is 0.289 e. The van der Waals surface area contributed by atoms with E-state index >= 15 is 0 Å². The van der Waals surface area contributed by atoms with Crippen LogP contribution in [0, 0.1) is 6.92 Å². The normalized spacial score (nSPS) is 20.4. The topological polar surface area (TPSA) is 67.6 Å². The van der Waals surface area contributed by atoms with Gasteiger partial charge in [-0.15, -0.1) is 0 Å². The van der Waals surface area contributed by atoms with Crippen LogP contribution in [-0.2, 0) is 9.84 Å². The molecule has 0 aliphatic carbocycles. The predicted molar refractivity (Wildman–Crippen MR) is 85.1 cm³/mol. The highest BCUT2D eigenvalue weighted by Crippen LogP contribution is 2.29. The minimum atomic E-state index is -3.04. The Bertz CT molecular complexity index is 856. The summed E-state index contributed by atoms with van der Waals surface area (Å²) in [6.45, 7) is 1.80. The monoisotopic (exact) mass is 341 g/mol. The third-order valence-corrected chi connectivity index (χ3v) is 6.15. The fourth-order valence-electron chi connectivity index (χ4n) is 2.80. The maximum absolute atomic E-state index is 12.6. The maximum atomic E-state index is 12.6. The molecule has 1 amide bonds. The van der Waals surface area contributed by atoms with Gasteiger partial charge in [-0.2, -0.15) is 0 Å². The van der Waals surface area contributed by atoms with Crippen LogP contribution >= 0.6 is 11.6 Å². The number of hydrogen-bond donors (Lipinski definition) is 0. The van der Waals surface area contributed by atoms with Crippen LogP contribution in [0.1, 0.15) is 22.5 Å². The van der Waals surface area contributed by atoms with Gasteiger partial charge in [0.2, 0.25) is 0 Å². The fourth-order valence-corrected chi connectivity index (χ4v) is 4.75. The molecule has 5 nitrogen and oxygen atoms in total. The fraction of sp³-hybridized carbons (Fsp3) is 0.400. The predicted octanol–water partition coefficient (Wildman–Crippen LogP) is 2.65. The van der Waals surface area contributed by atoms with Gasteiger partial charge in [0, 0.05) is 29.1 Å². The molecule has 0 saturated carbocycles. The highest BCUT2D eigenvalue weighted by atomic mass is 35.5. The van der Waals surface area contributed by atoms with Crippen molar-refractivity contribution >= 4 is 38.3 Å². The lowest BCUT2D eigenvalue weighted by Crippen LogP contribution is -2.37. The molecule has 1 saturated heterocycles. The van der Waals surface area contributed by atoms with Crippen LogP contribution in [0.2, 0.25) is 5.02 Å². The van der Waals surface area contributed by atoms with Gasteiger partial charge in [0.15, 0.2) is 15.6 Å². The van der Waals surface area contributed by atoms with Crippen molar-refractivity contribution in [3.05, 3.63) is 34.5 Å². The molecule has 0 N–H and O–H groups in total. The van der Waals surface area contributed by atoms with Crippen molar-refractivity contribution in [3.63, 3.8) is 0 Å². The average Bonchev–Trinajstić information content (AvgIpc) is 2.98. The molecular weight excluding hydrogens is 326 g/mol. The number of carbonyl (C=O) groups is 1. The summed E-state index contributed by atoms with van der Waals surface area (Å²) >= 11 is 5.97. The molecule has 2 heterocycles. The number of amides is 1. The standard InChI is InChI=1S/C15H16ClNO4S/c1-9-12-7-10(16)3-4-13(12)21-14(9)15(18)17(2)11-5-6-22(19,20)8-11/h3-4,7,11H,5-6,8H2,1-2H3.